The number of halogens is 2. The highest BCUT2D eigenvalue weighted by Crippen LogP contribution is 2.25. The number of aryl methyl sites for hydroxylation is 1. The van der Waals surface area contributed by atoms with E-state index >= 15 is 0 Å². The van der Waals surface area contributed by atoms with Crippen molar-refractivity contribution in [3.8, 4) is 0 Å². The van der Waals surface area contributed by atoms with E-state index in [1.165, 1.54) is 11.0 Å². The van der Waals surface area contributed by atoms with Gasteiger partial charge in [0.25, 0.3) is 0 Å². The van der Waals surface area contributed by atoms with E-state index in [-0.39, 0.29) is 13.1 Å². The molecule has 142 valence electrons. The number of hydrogen-bond acceptors (Lipinski definition) is 7. The third kappa shape index (κ3) is 3.00. The fourth-order valence-corrected chi connectivity index (χ4v) is 4.52. The van der Waals surface area contributed by atoms with Crippen LogP contribution in [0.2, 0.25) is 0 Å². The molecule has 4 rings (SSSR count). The van der Waals surface area contributed by atoms with E-state index in [1.807, 2.05) is 4.90 Å². The van der Waals surface area contributed by atoms with Crippen LogP contribution in [0.1, 0.15) is 0 Å². The summed E-state index contributed by atoms with van der Waals surface area (Å²) in [7, 11) is -2.42. The number of rotatable bonds is 3. The quantitative estimate of drug-likeness (QED) is 0.639. The van der Waals surface area contributed by atoms with Crippen LogP contribution in [0.25, 0.3) is 11.2 Å². The van der Waals surface area contributed by atoms with Crippen LogP contribution in [0.3, 0.4) is 0 Å². The van der Waals surface area contributed by atoms with Gasteiger partial charge in [-0.25, -0.2) is 31.8 Å². The Balaban J connectivity index is 1.57. The predicted octanol–water partition coefficient (Wildman–Crippen LogP) is 0.547. The molecule has 1 aliphatic rings. The average Bonchev–Trinajstić information content (AvgIpc) is 3.05. The summed E-state index contributed by atoms with van der Waals surface area (Å²) in [5, 5.41) is 7.97. The third-order valence-electron chi connectivity index (χ3n) is 4.42. The molecule has 0 N–H and O–H groups in total. The molecule has 1 fully saturated rings. The maximum atomic E-state index is 13.9. The van der Waals surface area contributed by atoms with Gasteiger partial charge in [0, 0.05) is 33.2 Å². The summed E-state index contributed by atoms with van der Waals surface area (Å²) in [6.07, 6.45) is 1.40. The molecule has 3 heterocycles. The highest BCUT2D eigenvalue weighted by Gasteiger charge is 2.32. The van der Waals surface area contributed by atoms with Gasteiger partial charge in [-0.05, 0) is 18.2 Å². The fourth-order valence-electron chi connectivity index (χ4n) is 3.03. The standard InChI is InChI=1S/C15H15F2N7O2S/c1-22-14-13(20-21-22)15(19-9-18-14)23-4-6-24(7-5-23)27(25,26)12-8-10(16)2-3-11(12)17/h2-3,8-9H,4-7H2,1H3. The lowest BCUT2D eigenvalue weighted by molar-refractivity contribution is 0.381. The van der Waals surface area contributed by atoms with Crippen LogP contribution in [0.5, 0.6) is 0 Å². The van der Waals surface area contributed by atoms with Crippen LogP contribution in [0.15, 0.2) is 29.4 Å². The van der Waals surface area contributed by atoms with Crippen LogP contribution in [-0.2, 0) is 17.1 Å². The minimum Gasteiger partial charge on any atom is -0.352 e. The largest absolute Gasteiger partial charge is 0.352 e. The van der Waals surface area contributed by atoms with E-state index in [0.29, 0.717) is 36.1 Å². The van der Waals surface area contributed by atoms with Crippen molar-refractivity contribution in [2.75, 3.05) is 31.1 Å². The van der Waals surface area contributed by atoms with Crippen molar-refractivity contribution in [3.63, 3.8) is 0 Å². The Morgan fingerprint density at radius 2 is 1.81 bits per heavy atom. The first-order valence-corrected chi connectivity index (χ1v) is 9.52. The van der Waals surface area contributed by atoms with Gasteiger partial charge in [-0.2, -0.15) is 4.31 Å². The third-order valence-corrected chi connectivity index (χ3v) is 6.33. The average molecular weight is 395 g/mol. The number of hydrogen-bond donors (Lipinski definition) is 0. The lowest BCUT2D eigenvalue weighted by Crippen LogP contribution is -2.49. The lowest BCUT2D eigenvalue weighted by atomic mass is 10.3. The molecule has 2 aromatic heterocycles. The summed E-state index contributed by atoms with van der Waals surface area (Å²) in [4.78, 5) is 9.57. The molecular weight excluding hydrogens is 380 g/mol. The molecule has 0 bridgehead atoms. The first kappa shape index (κ1) is 17.7. The number of nitrogens with zero attached hydrogens (tertiary/aromatic N) is 7. The van der Waals surface area contributed by atoms with Crippen molar-refractivity contribution in [1.82, 2.24) is 29.3 Å². The summed E-state index contributed by atoms with van der Waals surface area (Å²) < 4.78 is 55.3. The van der Waals surface area contributed by atoms with Gasteiger partial charge in [0.2, 0.25) is 10.0 Å². The van der Waals surface area contributed by atoms with Gasteiger partial charge in [-0.15, -0.1) is 5.10 Å². The van der Waals surface area contributed by atoms with E-state index in [0.717, 1.165) is 16.4 Å². The van der Waals surface area contributed by atoms with Crippen molar-refractivity contribution in [3.05, 3.63) is 36.2 Å². The second kappa shape index (κ2) is 6.46. The molecule has 3 aromatic rings. The van der Waals surface area contributed by atoms with Crippen LogP contribution in [0.4, 0.5) is 14.6 Å². The molecule has 0 radical (unpaired) electrons. The van der Waals surface area contributed by atoms with Gasteiger partial charge in [0.15, 0.2) is 17.0 Å². The lowest BCUT2D eigenvalue weighted by Gasteiger charge is -2.34. The summed E-state index contributed by atoms with van der Waals surface area (Å²) in [5.41, 5.74) is 1.09. The highest BCUT2D eigenvalue weighted by molar-refractivity contribution is 7.89. The second-order valence-corrected chi connectivity index (χ2v) is 7.95. The Morgan fingerprint density at radius 1 is 1.07 bits per heavy atom. The Bertz CT molecular complexity index is 1110. The van der Waals surface area contributed by atoms with Crippen LogP contribution >= 0.6 is 0 Å². The maximum Gasteiger partial charge on any atom is 0.246 e. The number of fused-ring (bicyclic) bond motifs is 1. The molecule has 0 spiro atoms. The second-order valence-electron chi connectivity index (χ2n) is 6.05. The monoisotopic (exact) mass is 395 g/mol. The summed E-state index contributed by atoms with van der Waals surface area (Å²) in [6.45, 7) is 0.839. The minimum atomic E-state index is -4.13. The van der Waals surface area contributed by atoms with Gasteiger partial charge < -0.3 is 4.90 Å². The van der Waals surface area contributed by atoms with E-state index in [2.05, 4.69) is 20.3 Å². The molecule has 12 heteroatoms. The Morgan fingerprint density at radius 3 is 2.56 bits per heavy atom. The van der Waals surface area contributed by atoms with Crippen molar-refractivity contribution in [1.29, 1.82) is 0 Å². The van der Waals surface area contributed by atoms with Crippen molar-refractivity contribution in [2.24, 2.45) is 7.05 Å². The SMILES string of the molecule is Cn1nnc2c(N3CCN(S(=O)(=O)c4cc(F)ccc4F)CC3)ncnc21. The van der Waals surface area contributed by atoms with E-state index in [4.69, 9.17) is 0 Å². The molecule has 27 heavy (non-hydrogen) atoms. The van der Waals surface area contributed by atoms with Crippen molar-refractivity contribution >= 4 is 27.0 Å². The Labute approximate surface area is 153 Å². The Kier molecular flexibility index (Phi) is 4.23. The molecule has 0 saturated carbocycles. The molecule has 1 aromatic carbocycles. The Hall–Kier alpha value is -2.73. The zero-order valence-electron chi connectivity index (χ0n) is 14.2. The van der Waals surface area contributed by atoms with Gasteiger partial charge in [-0.3, -0.25) is 0 Å². The molecule has 0 unspecified atom stereocenters. The number of aromatic nitrogens is 5. The molecular formula is C15H15F2N7O2S. The summed E-state index contributed by atoms with van der Waals surface area (Å²) >= 11 is 0. The highest BCUT2D eigenvalue weighted by atomic mass is 32.2. The van der Waals surface area contributed by atoms with Gasteiger partial charge >= 0.3 is 0 Å². The van der Waals surface area contributed by atoms with Crippen LogP contribution < -0.4 is 4.90 Å². The zero-order valence-corrected chi connectivity index (χ0v) is 15.1. The normalized spacial score (nSPS) is 16.2. The first-order valence-electron chi connectivity index (χ1n) is 8.08. The van der Waals surface area contributed by atoms with Crippen molar-refractivity contribution in [2.45, 2.75) is 4.90 Å². The summed E-state index contributed by atoms with van der Waals surface area (Å²) in [6, 6.07) is 2.39. The molecule has 0 atom stereocenters. The minimum absolute atomic E-state index is 0.101. The van der Waals surface area contributed by atoms with Gasteiger partial charge in [-0.1, -0.05) is 5.21 Å². The van der Waals surface area contributed by atoms with Gasteiger partial charge in [0.05, 0.1) is 0 Å². The summed E-state index contributed by atoms with van der Waals surface area (Å²) in [5.74, 6) is -1.22. The first-order chi connectivity index (χ1) is 12.9. The van der Waals surface area contributed by atoms with Crippen LogP contribution in [0, 0.1) is 11.6 Å². The fraction of sp³-hybridized carbons (Fsp3) is 0.333. The molecule has 0 amide bonds. The number of sulfonamides is 1. The molecule has 9 nitrogen and oxygen atoms in total. The van der Waals surface area contributed by atoms with E-state index in [1.54, 1.807) is 7.05 Å². The predicted molar refractivity (Wildman–Crippen MR) is 91.4 cm³/mol. The van der Waals surface area contributed by atoms with E-state index < -0.39 is 26.6 Å². The van der Waals surface area contributed by atoms with E-state index in [9.17, 15) is 17.2 Å². The number of benzene rings is 1. The molecule has 1 aliphatic heterocycles. The number of anilines is 1. The van der Waals surface area contributed by atoms with Crippen molar-refractivity contribution < 1.29 is 17.2 Å². The van der Waals surface area contributed by atoms with Crippen LogP contribution in [-0.4, -0.2) is 63.9 Å². The topological polar surface area (TPSA) is 97.1 Å². The zero-order chi connectivity index (χ0) is 19.2. The van der Waals surface area contributed by atoms with Gasteiger partial charge in [0.1, 0.15) is 22.9 Å². The smallest absolute Gasteiger partial charge is 0.246 e. The molecule has 1 saturated heterocycles. The molecule has 0 aliphatic carbocycles. The number of piperazine rings is 1. The maximum absolute atomic E-state index is 13.9.